The van der Waals surface area contributed by atoms with E-state index in [4.69, 9.17) is 0 Å². The minimum atomic E-state index is 0.224. The lowest BCUT2D eigenvalue weighted by molar-refractivity contribution is 0.0797. The van der Waals surface area contributed by atoms with E-state index in [2.05, 4.69) is 50.2 Å². The highest BCUT2D eigenvalue weighted by Crippen LogP contribution is 2.38. The summed E-state index contributed by atoms with van der Waals surface area (Å²) in [4.78, 5) is 19.3. The molecule has 4 heteroatoms. The first kappa shape index (κ1) is 17.7. The van der Waals surface area contributed by atoms with Crippen molar-refractivity contribution in [2.45, 2.75) is 45.1 Å². The van der Waals surface area contributed by atoms with Gasteiger partial charge in [0.1, 0.15) is 0 Å². The van der Waals surface area contributed by atoms with Gasteiger partial charge in [0.25, 0.3) is 5.91 Å². The van der Waals surface area contributed by atoms with E-state index < -0.39 is 0 Å². The third kappa shape index (κ3) is 3.21. The van der Waals surface area contributed by atoms with Crippen molar-refractivity contribution in [3.63, 3.8) is 0 Å². The van der Waals surface area contributed by atoms with Gasteiger partial charge in [-0.2, -0.15) is 0 Å². The molecule has 1 fully saturated rings. The van der Waals surface area contributed by atoms with Crippen molar-refractivity contribution >= 4 is 17.2 Å². The van der Waals surface area contributed by atoms with Crippen LogP contribution in [0, 0.1) is 6.92 Å². The fourth-order valence-electron chi connectivity index (χ4n) is 4.38. The van der Waals surface area contributed by atoms with Crippen molar-refractivity contribution in [2.24, 2.45) is 0 Å². The molecule has 0 radical (unpaired) electrons. The predicted octanol–water partition coefficient (Wildman–Crippen LogP) is 4.90. The summed E-state index contributed by atoms with van der Waals surface area (Å²) in [6.07, 6.45) is 5.94. The molecule has 138 valence electrons. The normalized spacial score (nSPS) is 19.8. The highest BCUT2D eigenvalue weighted by atomic mass is 32.1. The second-order valence-corrected chi connectivity index (χ2v) is 8.96. The lowest BCUT2D eigenvalue weighted by atomic mass is 9.86. The van der Waals surface area contributed by atoms with Gasteiger partial charge in [0.15, 0.2) is 0 Å². The summed E-state index contributed by atoms with van der Waals surface area (Å²) in [6.45, 7) is 3.90. The van der Waals surface area contributed by atoms with Gasteiger partial charge in [0.05, 0.1) is 4.88 Å². The average molecular weight is 369 g/mol. The van der Waals surface area contributed by atoms with E-state index in [1.165, 1.54) is 34.4 Å². The lowest BCUT2D eigenvalue weighted by Crippen LogP contribution is -2.27. The van der Waals surface area contributed by atoms with Gasteiger partial charge in [-0.15, -0.1) is 11.3 Å². The summed E-state index contributed by atoms with van der Waals surface area (Å²) in [7, 11) is 4.35. The van der Waals surface area contributed by atoms with Crippen molar-refractivity contribution in [1.82, 2.24) is 9.80 Å². The molecule has 1 unspecified atom stereocenters. The maximum absolute atomic E-state index is 12.8. The van der Waals surface area contributed by atoms with Gasteiger partial charge in [-0.3, -0.25) is 4.79 Å². The standard InChI is InChI=1S/C22H28N2OS/c1-15-13-20(26-21(15)22(25)24-11-4-5-12-24)17-9-10-18-16(14-17)7-6-8-19(18)23(2)3/h9-10,13-14,19H,4-8,11-12H2,1-3H3. The number of fused-ring (bicyclic) bond motifs is 1. The van der Waals surface area contributed by atoms with E-state index in [-0.39, 0.29) is 5.91 Å². The first-order valence-electron chi connectivity index (χ1n) is 9.74. The molecule has 3 nitrogen and oxygen atoms in total. The Hall–Kier alpha value is -1.65. The lowest BCUT2D eigenvalue weighted by Gasteiger charge is -2.31. The van der Waals surface area contributed by atoms with Crippen LogP contribution in [0.15, 0.2) is 24.3 Å². The van der Waals surface area contributed by atoms with Crippen LogP contribution in [0.4, 0.5) is 0 Å². The third-order valence-electron chi connectivity index (χ3n) is 5.84. The molecule has 4 rings (SSSR count). The number of hydrogen-bond donors (Lipinski definition) is 0. The zero-order chi connectivity index (χ0) is 18.3. The predicted molar refractivity (Wildman–Crippen MR) is 109 cm³/mol. The van der Waals surface area contributed by atoms with E-state index in [0.29, 0.717) is 6.04 Å². The number of amides is 1. The third-order valence-corrected chi connectivity index (χ3v) is 7.11. The number of hydrogen-bond acceptors (Lipinski definition) is 3. The Morgan fingerprint density at radius 3 is 2.65 bits per heavy atom. The summed E-state index contributed by atoms with van der Waals surface area (Å²) >= 11 is 1.66. The number of likely N-dealkylation sites (tertiary alicyclic amines) is 1. The Morgan fingerprint density at radius 2 is 1.92 bits per heavy atom. The molecule has 2 aliphatic rings. The van der Waals surface area contributed by atoms with Crippen LogP contribution >= 0.6 is 11.3 Å². The van der Waals surface area contributed by atoms with Crippen molar-refractivity contribution in [3.05, 3.63) is 45.8 Å². The number of carbonyl (C=O) groups excluding carboxylic acids is 1. The summed E-state index contributed by atoms with van der Waals surface area (Å²) in [6, 6.07) is 9.65. The highest BCUT2D eigenvalue weighted by molar-refractivity contribution is 7.17. The number of nitrogens with zero attached hydrogens (tertiary/aromatic N) is 2. The minimum Gasteiger partial charge on any atom is -0.338 e. The Morgan fingerprint density at radius 1 is 1.15 bits per heavy atom. The van der Waals surface area contributed by atoms with Crippen LogP contribution in [0.25, 0.3) is 10.4 Å². The monoisotopic (exact) mass is 368 g/mol. The van der Waals surface area contributed by atoms with Crippen molar-refractivity contribution < 1.29 is 4.79 Å². The zero-order valence-electron chi connectivity index (χ0n) is 16.0. The fourth-order valence-corrected chi connectivity index (χ4v) is 5.52. The van der Waals surface area contributed by atoms with Gasteiger partial charge in [0, 0.05) is 24.0 Å². The Balaban J connectivity index is 1.64. The molecule has 0 bridgehead atoms. The largest absolute Gasteiger partial charge is 0.338 e. The molecule has 0 spiro atoms. The minimum absolute atomic E-state index is 0.224. The van der Waals surface area contributed by atoms with E-state index in [9.17, 15) is 4.79 Å². The molecular weight excluding hydrogens is 340 g/mol. The molecule has 26 heavy (non-hydrogen) atoms. The summed E-state index contributed by atoms with van der Waals surface area (Å²) in [5.41, 5.74) is 5.33. The van der Waals surface area contributed by atoms with Gasteiger partial charge in [-0.25, -0.2) is 0 Å². The maximum Gasteiger partial charge on any atom is 0.264 e. The molecule has 1 atom stereocenters. The molecule has 1 aromatic heterocycles. The number of aryl methyl sites for hydroxylation is 2. The first-order valence-corrected chi connectivity index (χ1v) is 10.6. The van der Waals surface area contributed by atoms with Crippen molar-refractivity contribution in [1.29, 1.82) is 0 Å². The molecule has 1 aliphatic carbocycles. The number of benzene rings is 1. The Kier molecular flexibility index (Phi) is 4.89. The van der Waals surface area contributed by atoms with Crippen LogP contribution in [-0.4, -0.2) is 42.9 Å². The second-order valence-electron chi connectivity index (χ2n) is 7.91. The molecule has 0 N–H and O–H groups in total. The molecule has 1 amide bonds. The fraction of sp³-hybridized carbons (Fsp3) is 0.500. The summed E-state index contributed by atoms with van der Waals surface area (Å²) < 4.78 is 0. The van der Waals surface area contributed by atoms with E-state index in [1.807, 2.05) is 4.90 Å². The SMILES string of the molecule is Cc1cc(-c2ccc3c(c2)CCCC3N(C)C)sc1C(=O)N1CCCC1. The van der Waals surface area contributed by atoms with Crippen LogP contribution in [0.1, 0.15) is 58.1 Å². The Bertz CT molecular complexity index is 818. The average Bonchev–Trinajstić information content (AvgIpc) is 3.30. The smallest absolute Gasteiger partial charge is 0.264 e. The molecule has 1 aromatic carbocycles. The first-order chi connectivity index (χ1) is 12.5. The number of rotatable bonds is 3. The molecule has 1 aliphatic heterocycles. The van der Waals surface area contributed by atoms with Crippen molar-refractivity contribution in [3.8, 4) is 10.4 Å². The van der Waals surface area contributed by atoms with Gasteiger partial charge < -0.3 is 9.80 Å². The van der Waals surface area contributed by atoms with Crippen LogP contribution in [0.3, 0.4) is 0 Å². The topological polar surface area (TPSA) is 23.6 Å². The molecule has 0 saturated carbocycles. The van der Waals surface area contributed by atoms with Gasteiger partial charge in [-0.05, 0) is 81.4 Å². The highest BCUT2D eigenvalue weighted by Gasteiger charge is 2.25. The maximum atomic E-state index is 12.8. The van der Waals surface area contributed by atoms with E-state index in [1.54, 1.807) is 11.3 Å². The van der Waals surface area contributed by atoms with Crippen LogP contribution in [0.5, 0.6) is 0 Å². The van der Waals surface area contributed by atoms with Crippen LogP contribution in [-0.2, 0) is 6.42 Å². The van der Waals surface area contributed by atoms with Crippen LogP contribution in [0.2, 0.25) is 0 Å². The Labute approximate surface area is 160 Å². The summed E-state index contributed by atoms with van der Waals surface area (Å²) in [5, 5.41) is 0. The number of thiophene rings is 1. The van der Waals surface area contributed by atoms with Gasteiger partial charge >= 0.3 is 0 Å². The quantitative estimate of drug-likeness (QED) is 0.769. The molecular formula is C22H28N2OS. The zero-order valence-corrected chi connectivity index (χ0v) is 16.9. The summed E-state index contributed by atoms with van der Waals surface area (Å²) in [5.74, 6) is 0.224. The van der Waals surface area contributed by atoms with Gasteiger partial charge in [-0.1, -0.05) is 18.2 Å². The number of carbonyl (C=O) groups is 1. The van der Waals surface area contributed by atoms with Crippen molar-refractivity contribution in [2.75, 3.05) is 27.2 Å². The molecule has 1 saturated heterocycles. The molecule has 2 aromatic rings. The van der Waals surface area contributed by atoms with E-state index >= 15 is 0 Å². The van der Waals surface area contributed by atoms with E-state index in [0.717, 1.165) is 42.8 Å². The molecule has 2 heterocycles. The second kappa shape index (κ2) is 7.16. The van der Waals surface area contributed by atoms with Crippen LogP contribution < -0.4 is 0 Å². The van der Waals surface area contributed by atoms with Gasteiger partial charge in [0.2, 0.25) is 0 Å².